The van der Waals surface area contributed by atoms with E-state index in [-0.39, 0.29) is 5.91 Å². The Kier molecular flexibility index (Phi) is 4.79. The lowest BCUT2D eigenvalue weighted by atomic mass is 10.1. The average molecular weight is 254 g/mol. The lowest BCUT2D eigenvalue weighted by Gasteiger charge is -2.17. The normalized spacial score (nSPS) is 10.1. The van der Waals surface area contributed by atoms with Crippen LogP contribution in [0.25, 0.3) is 0 Å². The highest BCUT2D eigenvalue weighted by molar-refractivity contribution is 5.99. The van der Waals surface area contributed by atoms with Crippen molar-refractivity contribution in [2.45, 2.75) is 0 Å². The van der Waals surface area contributed by atoms with E-state index in [1.54, 1.807) is 31.2 Å². The molecule has 0 radical (unpaired) electrons. The summed E-state index contributed by atoms with van der Waals surface area (Å²) in [6.07, 6.45) is 0. The van der Waals surface area contributed by atoms with Gasteiger partial charge in [-0.3, -0.25) is 10.2 Å². The van der Waals surface area contributed by atoms with Gasteiger partial charge in [0.2, 0.25) is 0 Å². The third-order valence-electron chi connectivity index (χ3n) is 2.27. The van der Waals surface area contributed by atoms with Crippen LogP contribution in [0.1, 0.15) is 10.4 Å². The fourth-order valence-electron chi connectivity index (χ4n) is 1.49. The van der Waals surface area contributed by atoms with E-state index in [2.05, 4.69) is 5.43 Å². The van der Waals surface area contributed by atoms with Crippen molar-refractivity contribution >= 4 is 5.91 Å². The zero-order valence-electron chi connectivity index (χ0n) is 11.2. The summed E-state index contributed by atoms with van der Waals surface area (Å²) in [6, 6.07) is 3.26. The first-order valence-electron chi connectivity index (χ1n) is 5.31. The predicted molar refractivity (Wildman–Crippen MR) is 67.3 cm³/mol. The zero-order chi connectivity index (χ0) is 13.7. The van der Waals surface area contributed by atoms with E-state index in [1.165, 1.54) is 21.3 Å². The molecule has 0 saturated carbocycles. The quantitative estimate of drug-likeness (QED) is 0.792. The number of hydrogen-bond donors (Lipinski definition) is 1. The van der Waals surface area contributed by atoms with Gasteiger partial charge >= 0.3 is 0 Å². The molecule has 0 aromatic heterocycles. The number of benzene rings is 1. The van der Waals surface area contributed by atoms with Crippen LogP contribution in [0.3, 0.4) is 0 Å². The monoisotopic (exact) mass is 254 g/mol. The molecule has 0 atom stereocenters. The third-order valence-corrected chi connectivity index (χ3v) is 2.27. The van der Waals surface area contributed by atoms with Crippen LogP contribution < -0.4 is 19.6 Å². The number of nitrogens with one attached hydrogen (secondary N) is 1. The van der Waals surface area contributed by atoms with Crippen molar-refractivity contribution in [1.82, 2.24) is 10.4 Å². The average Bonchev–Trinajstić information content (AvgIpc) is 2.35. The van der Waals surface area contributed by atoms with Crippen molar-refractivity contribution in [3.05, 3.63) is 17.7 Å². The highest BCUT2D eigenvalue weighted by Crippen LogP contribution is 2.33. The molecule has 0 aliphatic rings. The molecular formula is C12H18N2O4. The summed E-state index contributed by atoms with van der Waals surface area (Å²) in [5, 5.41) is 1.55. The lowest BCUT2D eigenvalue weighted by Crippen LogP contribution is -2.36. The summed E-state index contributed by atoms with van der Waals surface area (Å²) in [5.41, 5.74) is 2.97. The van der Waals surface area contributed by atoms with Crippen molar-refractivity contribution < 1.29 is 19.0 Å². The molecule has 0 spiro atoms. The van der Waals surface area contributed by atoms with Gasteiger partial charge < -0.3 is 14.2 Å². The van der Waals surface area contributed by atoms with E-state index >= 15 is 0 Å². The van der Waals surface area contributed by atoms with Crippen LogP contribution in [0.2, 0.25) is 0 Å². The minimum Gasteiger partial charge on any atom is -0.496 e. The number of hydrazine groups is 1. The first-order valence-corrected chi connectivity index (χ1v) is 5.31. The van der Waals surface area contributed by atoms with Crippen molar-refractivity contribution in [3.8, 4) is 17.2 Å². The standard InChI is InChI=1S/C12H18N2O4/c1-14(2)13-12(15)11-9(17-4)6-8(16-3)7-10(11)18-5/h6-7H,1-5H3,(H,13,15). The fourth-order valence-corrected chi connectivity index (χ4v) is 1.49. The Balaban J connectivity index is 3.26. The molecule has 1 rings (SSSR count). The zero-order valence-corrected chi connectivity index (χ0v) is 11.2. The number of carbonyl (C=O) groups is 1. The molecule has 1 aromatic rings. The highest BCUT2D eigenvalue weighted by atomic mass is 16.5. The van der Waals surface area contributed by atoms with Crippen LogP contribution in [-0.2, 0) is 0 Å². The molecule has 100 valence electrons. The molecule has 6 nitrogen and oxygen atoms in total. The van der Waals surface area contributed by atoms with Gasteiger partial charge in [-0.1, -0.05) is 0 Å². The largest absolute Gasteiger partial charge is 0.496 e. The first-order chi connectivity index (χ1) is 8.53. The van der Waals surface area contributed by atoms with Gasteiger partial charge in [0.1, 0.15) is 22.8 Å². The van der Waals surface area contributed by atoms with E-state index in [1.807, 2.05) is 0 Å². The van der Waals surface area contributed by atoms with Crippen LogP contribution in [0.15, 0.2) is 12.1 Å². The van der Waals surface area contributed by atoms with Crippen LogP contribution >= 0.6 is 0 Å². The summed E-state index contributed by atoms with van der Waals surface area (Å²) in [6.45, 7) is 0. The molecule has 0 fully saturated rings. The van der Waals surface area contributed by atoms with Crippen LogP contribution in [0.4, 0.5) is 0 Å². The number of ether oxygens (including phenoxy) is 3. The van der Waals surface area contributed by atoms with Crippen LogP contribution in [0.5, 0.6) is 17.2 Å². The first kappa shape index (κ1) is 14.1. The van der Waals surface area contributed by atoms with Gasteiger partial charge in [0.15, 0.2) is 0 Å². The van der Waals surface area contributed by atoms with E-state index in [0.717, 1.165) is 0 Å². The van der Waals surface area contributed by atoms with Gasteiger partial charge in [-0.2, -0.15) is 0 Å². The summed E-state index contributed by atoms with van der Waals surface area (Å²) < 4.78 is 15.5. The Bertz CT molecular complexity index is 407. The number of methoxy groups -OCH3 is 3. The molecule has 0 heterocycles. The third kappa shape index (κ3) is 3.04. The molecule has 0 unspecified atom stereocenters. The molecule has 1 amide bonds. The van der Waals surface area contributed by atoms with E-state index in [4.69, 9.17) is 14.2 Å². The topological polar surface area (TPSA) is 60.0 Å². The van der Waals surface area contributed by atoms with Crippen molar-refractivity contribution in [1.29, 1.82) is 0 Å². The maximum atomic E-state index is 12.1. The van der Waals surface area contributed by atoms with Gasteiger partial charge in [0.25, 0.3) is 5.91 Å². The molecule has 18 heavy (non-hydrogen) atoms. The molecule has 0 aliphatic heterocycles. The second-order valence-electron chi connectivity index (χ2n) is 3.74. The molecule has 1 N–H and O–H groups in total. The van der Waals surface area contributed by atoms with E-state index in [9.17, 15) is 4.79 Å². The summed E-state index contributed by atoms with van der Waals surface area (Å²) in [7, 11) is 7.95. The Labute approximate surface area is 106 Å². The number of hydrogen-bond acceptors (Lipinski definition) is 5. The van der Waals surface area contributed by atoms with Gasteiger partial charge in [-0.25, -0.2) is 5.01 Å². The van der Waals surface area contributed by atoms with Crippen molar-refractivity contribution in [2.75, 3.05) is 35.4 Å². The molecule has 0 saturated heterocycles. The van der Waals surface area contributed by atoms with Gasteiger partial charge in [0, 0.05) is 26.2 Å². The Morgan fingerprint density at radius 1 is 1.06 bits per heavy atom. The summed E-state index contributed by atoms with van der Waals surface area (Å²) in [5.74, 6) is 1.04. The SMILES string of the molecule is COc1cc(OC)c(C(=O)NN(C)C)c(OC)c1. The lowest BCUT2D eigenvalue weighted by molar-refractivity contribution is 0.0850. The van der Waals surface area contributed by atoms with Crippen LogP contribution in [-0.4, -0.2) is 46.3 Å². The second-order valence-corrected chi connectivity index (χ2v) is 3.74. The number of amides is 1. The van der Waals surface area contributed by atoms with Crippen molar-refractivity contribution in [3.63, 3.8) is 0 Å². The number of nitrogens with zero attached hydrogens (tertiary/aromatic N) is 1. The molecule has 6 heteroatoms. The fraction of sp³-hybridized carbons (Fsp3) is 0.417. The summed E-state index contributed by atoms with van der Waals surface area (Å²) >= 11 is 0. The summed E-state index contributed by atoms with van der Waals surface area (Å²) in [4.78, 5) is 12.1. The number of rotatable bonds is 5. The molecule has 1 aromatic carbocycles. The highest BCUT2D eigenvalue weighted by Gasteiger charge is 2.20. The van der Waals surface area contributed by atoms with Crippen molar-refractivity contribution in [2.24, 2.45) is 0 Å². The smallest absolute Gasteiger partial charge is 0.273 e. The maximum Gasteiger partial charge on any atom is 0.273 e. The molecule has 0 bridgehead atoms. The minimum absolute atomic E-state index is 0.309. The minimum atomic E-state index is -0.309. The van der Waals surface area contributed by atoms with Gasteiger partial charge in [-0.15, -0.1) is 0 Å². The molecule has 0 aliphatic carbocycles. The Morgan fingerprint density at radius 2 is 1.56 bits per heavy atom. The van der Waals surface area contributed by atoms with Gasteiger partial charge in [-0.05, 0) is 0 Å². The Morgan fingerprint density at radius 3 is 1.89 bits per heavy atom. The van der Waals surface area contributed by atoms with Crippen LogP contribution in [0, 0.1) is 0 Å². The van der Waals surface area contributed by atoms with E-state index < -0.39 is 0 Å². The number of carbonyl (C=O) groups excluding carboxylic acids is 1. The second kappa shape index (κ2) is 6.11. The van der Waals surface area contributed by atoms with E-state index in [0.29, 0.717) is 22.8 Å². The maximum absolute atomic E-state index is 12.1. The predicted octanol–water partition coefficient (Wildman–Crippen LogP) is 0.919. The van der Waals surface area contributed by atoms with Gasteiger partial charge in [0.05, 0.1) is 21.3 Å². The Hall–Kier alpha value is -1.95. The molecular weight excluding hydrogens is 236 g/mol.